The third kappa shape index (κ3) is 2.97. The Morgan fingerprint density at radius 1 is 1.47 bits per heavy atom. The Hall–Kier alpha value is -1.56. The maximum absolute atomic E-state index is 11.2. The van der Waals surface area contributed by atoms with Crippen LogP contribution in [0.15, 0.2) is 17.4 Å². The van der Waals surface area contributed by atoms with Crippen LogP contribution in [0.5, 0.6) is 0 Å². The lowest BCUT2D eigenvalue weighted by atomic mass is 10.4. The zero-order valence-corrected chi connectivity index (χ0v) is 11.1. The Labute approximate surface area is 104 Å². The van der Waals surface area contributed by atoms with E-state index in [2.05, 4.69) is 19.7 Å². The number of carbonyl (C=O) groups excluding carboxylic acids is 1. The van der Waals surface area contributed by atoms with Crippen LogP contribution in [0.3, 0.4) is 0 Å². The Balaban J connectivity index is 0.000000686. The number of ether oxygens (including phenoxy) is 1. The fraction of sp³-hybridized carbons (Fsp3) is 0.364. The first-order valence-electron chi connectivity index (χ1n) is 5.22. The van der Waals surface area contributed by atoms with Crippen molar-refractivity contribution in [3.8, 4) is 0 Å². The van der Waals surface area contributed by atoms with Gasteiger partial charge in [-0.05, 0) is 12.3 Å². The minimum atomic E-state index is -0.404. The van der Waals surface area contributed by atoms with Crippen LogP contribution in [0.2, 0.25) is 0 Å². The second-order valence-electron chi connectivity index (χ2n) is 2.84. The third-order valence-corrected chi connectivity index (χ3v) is 2.50. The van der Waals surface area contributed by atoms with Crippen LogP contribution < -0.4 is 0 Å². The van der Waals surface area contributed by atoms with Crippen LogP contribution in [0.4, 0.5) is 0 Å². The van der Waals surface area contributed by atoms with Gasteiger partial charge >= 0.3 is 5.97 Å². The maximum Gasteiger partial charge on any atom is 0.354 e. The number of esters is 1. The number of aromatic nitrogens is 3. The highest BCUT2D eigenvalue weighted by Gasteiger charge is 2.10. The molecular formula is C11H15N3O2S. The molecule has 0 aromatic carbocycles. The van der Waals surface area contributed by atoms with Gasteiger partial charge in [-0.2, -0.15) is 0 Å². The van der Waals surface area contributed by atoms with Gasteiger partial charge in [0.1, 0.15) is 11.3 Å². The standard InChI is InChI=1S/C9H9N3O2S.C2H6/c1-14-8(13)6-3-5-4-10-9(15-2)12-7(5)11-6;1-2/h3-4H,1-2H3,(H,10,11,12);1-2H3. The van der Waals surface area contributed by atoms with E-state index in [1.807, 2.05) is 20.1 Å². The Morgan fingerprint density at radius 2 is 2.18 bits per heavy atom. The first kappa shape index (κ1) is 13.5. The molecule has 0 aliphatic carbocycles. The van der Waals surface area contributed by atoms with Gasteiger partial charge in [-0.1, -0.05) is 25.6 Å². The molecule has 0 atom stereocenters. The molecule has 2 aromatic rings. The number of fused-ring (bicyclic) bond motifs is 1. The van der Waals surface area contributed by atoms with Gasteiger partial charge in [0.25, 0.3) is 0 Å². The van der Waals surface area contributed by atoms with E-state index in [-0.39, 0.29) is 0 Å². The number of hydrogen-bond donors (Lipinski definition) is 1. The van der Waals surface area contributed by atoms with Gasteiger partial charge in [0.2, 0.25) is 0 Å². The quantitative estimate of drug-likeness (QED) is 0.506. The number of nitrogens with zero attached hydrogens (tertiary/aromatic N) is 2. The summed E-state index contributed by atoms with van der Waals surface area (Å²) in [6.45, 7) is 4.00. The number of H-pyrrole nitrogens is 1. The zero-order chi connectivity index (χ0) is 12.8. The molecule has 17 heavy (non-hydrogen) atoms. The normalized spacial score (nSPS) is 9.65. The highest BCUT2D eigenvalue weighted by Crippen LogP contribution is 2.16. The summed E-state index contributed by atoms with van der Waals surface area (Å²) in [7, 11) is 1.34. The fourth-order valence-electron chi connectivity index (χ4n) is 1.22. The molecule has 0 radical (unpaired) electrons. The fourth-order valence-corrected chi connectivity index (χ4v) is 1.56. The molecule has 2 aromatic heterocycles. The molecule has 0 aliphatic heterocycles. The van der Waals surface area contributed by atoms with Crippen LogP contribution in [0.25, 0.3) is 11.0 Å². The molecule has 1 N–H and O–H groups in total. The van der Waals surface area contributed by atoms with Gasteiger partial charge in [-0.3, -0.25) is 0 Å². The number of thioether (sulfide) groups is 1. The molecule has 0 spiro atoms. The minimum absolute atomic E-state index is 0.389. The van der Waals surface area contributed by atoms with Crippen molar-refractivity contribution in [1.29, 1.82) is 0 Å². The van der Waals surface area contributed by atoms with E-state index < -0.39 is 5.97 Å². The smallest absolute Gasteiger partial charge is 0.354 e. The van der Waals surface area contributed by atoms with E-state index >= 15 is 0 Å². The summed E-state index contributed by atoms with van der Waals surface area (Å²) in [4.78, 5) is 22.4. The lowest BCUT2D eigenvalue weighted by molar-refractivity contribution is 0.0595. The van der Waals surface area contributed by atoms with E-state index in [1.54, 1.807) is 12.3 Å². The molecule has 0 fully saturated rings. The van der Waals surface area contributed by atoms with Gasteiger partial charge in [-0.15, -0.1) is 0 Å². The van der Waals surface area contributed by atoms with Crippen molar-refractivity contribution < 1.29 is 9.53 Å². The lowest BCUT2D eigenvalue weighted by Crippen LogP contribution is -2.00. The number of aromatic amines is 1. The third-order valence-electron chi connectivity index (χ3n) is 1.94. The summed E-state index contributed by atoms with van der Waals surface area (Å²) < 4.78 is 4.60. The first-order valence-corrected chi connectivity index (χ1v) is 6.45. The number of methoxy groups -OCH3 is 1. The van der Waals surface area contributed by atoms with E-state index in [9.17, 15) is 4.79 Å². The predicted octanol–water partition coefficient (Wildman–Crippen LogP) is 2.49. The topological polar surface area (TPSA) is 67.9 Å². The van der Waals surface area contributed by atoms with Crippen molar-refractivity contribution in [2.45, 2.75) is 19.0 Å². The number of carbonyl (C=O) groups is 1. The summed E-state index contributed by atoms with van der Waals surface area (Å²) in [6, 6.07) is 1.67. The zero-order valence-electron chi connectivity index (χ0n) is 10.3. The Kier molecular flexibility index (Phi) is 4.96. The summed E-state index contributed by atoms with van der Waals surface area (Å²) >= 11 is 1.45. The lowest BCUT2D eigenvalue weighted by Gasteiger charge is -1.93. The molecule has 2 rings (SSSR count). The van der Waals surface area contributed by atoms with Crippen LogP contribution >= 0.6 is 11.8 Å². The van der Waals surface area contributed by atoms with Gasteiger partial charge in [0, 0.05) is 11.6 Å². The highest BCUT2D eigenvalue weighted by atomic mass is 32.2. The molecule has 0 saturated carbocycles. The monoisotopic (exact) mass is 253 g/mol. The molecule has 0 amide bonds. The van der Waals surface area contributed by atoms with Crippen molar-refractivity contribution in [3.63, 3.8) is 0 Å². The van der Waals surface area contributed by atoms with Crippen molar-refractivity contribution >= 4 is 28.8 Å². The molecule has 2 heterocycles. The van der Waals surface area contributed by atoms with Crippen molar-refractivity contribution in [2.75, 3.05) is 13.4 Å². The van der Waals surface area contributed by atoms with Gasteiger partial charge < -0.3 is 9.72 Å². The van der Waals surface area contributed by atoms with Crippen LogP contribution in [-0.4, -0.2) is 34.3 Å². The van der Waals surface area contributed by atoms with Crippen LogP contribution in [0, 0.1) is 0 Å². The van der Waals surface area contributed by atoms with Crippen molar-refractivity contribution in [2.24, 2.45) is 0 Å². The van der Waals surface area contributed by atoms with E-state index in [0.717, 1.165) is 5.39 Å². The van der Waals surface area contributed by atoms with E-state index in [4.69, 9.17) is 0 Å². The average Bonchev–Trinajstić information content (AvgIpc) is 2.82. The minimum Gasteiger partial charge on any atom is -0.464 e. The van der Waals surface area contributed by atoms with Crippen molar-refractivity contribution in [1.82, 2.24) is 15.0 Å². The molecule has 0 unspecified atom stereocenters. The summed E-state index contributed by atoms with van der Waals surface area (Å²) in [5.74, 6) is -0.404. The van der Waals surface area contributed by atoms with Gasteiger partial charge in [-0.25, -0.2) is 14.8 Å². The summed E-state index contributed by atoms with van der Waals surface area (Å²) in [5, 5.41) is 1.47. The average molecular weight is 253 g/mol. The van der Waals surface area contributed by atoms with Gasteiger partial charge in [0.15, 0.2) is 5.16 Å². The molecular weight excluding hydrogens is 238 g/mol. The van der Waals surface area contributed by atoms with Crippen LogP contribution in [-0.2, 0) is 4.74 Å². The van der Waals surface area contributed by atoms with Crippen molar-refractivity contribution in [3.05, 3.63) is 18.0 Å². The van der Waals surface area contributed by atoms with E-state index in [1.165, 1.54) is 18.9 Å². The molecule has 5 nitrogen and oxygen atoms in total. The van der Waals surface area contributed by atoms with E-state index in [0.29, 0.717) is 16.5 Å². The molecule has 0 bridgehead atoms. The molecule has 6 heteroatoms. The number of nitrogens with one attached hydrogen (secondary N) is 1. The summed E-state index contributed by atoms with van der Waals surface area (Å²) in [5.41, 5.74) is 1.04. The largest absolute Gasteiger partial charge is 0.464 e. The van der Waals surface area contributed by atoms with Gasteiger partial charge in [0.05, 0.1) is 7.11 Å². The second-order valence-corrected chi connectivity index (χ2v) is 3.61. The molecule has 92 valence electrons. The molecule has 0 aliphatic rings. The second kappa shape index (κ2) is 6.24. The SMILES string of the molecule is CC.COC(=O)c1cc2cnc(SC)nc2[nH]1. The first-order chi connectivity index (χ1) is 8.24. The Morgan fingerprint density at radius 3 is 2.76 bits per heavy atom. The number of rotatable bonds is 2. The summed E-state index contributed by atoms with van der Waals surface area (Å²) in [6.07, 6.45) is 3.57. The maximum atomic E-state index is 11.2. The highest BCUT2D eigenvalue weighted by molar-refractivity contribution is 7.98. The molecule has 0 saturated heterocycles. The number of hydrogen-bond acceptors (Lipinski definition) is 5. The predicted molar refractivity (Wildman–Crippen MR) is 68.4 cm³/mol. The van der Waals surface area contributed by atoms with Crippen LogP contribution in [0.1, 0.15) is 24.3 Å². The Bertz CT molecular complexity index is 510.